The summed E-state index contributed by atoms with van der Waals surface area (Å²) < 4.78 is 2.25. The molecule has 0 saturated heterocycles. The molecular weight excluding hydrogens is 597 g/mol. The lowest BCUT2D eigenvalue weighted by atomic mass is 9.85. The van der Waals surface area contributed by atoms with Gasteiger partial charge in [0.05, 0.1) is 34.8 Å². The molecular formula is C45H30N4. The molecule has 0 spiro atoms. The molecule has 3 aliphatic rings. The molecule has 0 fully saturated rings. The van der Waals surface area contributed by atoms with Gasteiger partial charge in [-0.1, -0.05) is 115 Å². The minimum atomic E-state index is 0.00339. The van der Waals surface area contributed by atoms with E-state index >= 15 is 0 Å². The summed E-state index contributed by atoms with van der Waals surface area (Å²) in [5, 5.41) is 22.8. The molecule has 0 bridgehead atoms. The third-order valence-corrected chi connectivity index (χ3v) is 10.1. The van der Waals surface area contributed by atoms with E-state index in [0.717, 1.165) is 56.8 Å². The number of anilines is 2. The van der Waals surface area contributed by atoms with Crippen LogP contribution >= 0.6 is 0 Å². The van der Waals surface area contributed by atoms with E-state index < -0.39 is 0 Å². The summed E-state index contributed by atoms with van der Waals surface area (Å²) in [4.78, 5) is 2.40. The van der Waals surface area contributed by atoms with Crippen molar-refractivity contribution >= 4 is 44.3 Å². The molecule has 2 heterocycles. The zero-order chi connectivity index (χ0) is 32.9. The molecule has 4 nitrogen and oxygen atoms in total. The number of nitriles is 2. The highest BCUT2D eigenvalue weighted by Gasteiger charge is 2.41. The molecule has 1 aliphatic heterocycles. The molecule has 6 aromatic rings. The molecule has 1 aromatic heterocycles. The highest BCUT2D eigenvalue weighted by atomic mass is 15.2. The lowest BCUT2D eigenvalue weighted by molar-refractivity contribution is 0.724. The van der Waals surface area contributed by atoms with Gasteiger partial charge in [0.2, 0.25) is 0 Å². The Kier molecular flexibility index (Phi) is 6.75. The fourth-order valence-corrected chi connectivity index (χ4v) is 7.96. The zero-order valence-electron chi connectivity index (χ0n) is 26.7. The van der Waals surface area contributed by atoms with Crippen LogP contribution in [0, 0.1) is 22.7 Å². The summed E-state index contributed by atoms with van der Waals surface area (Å²) in [5.41, 5.74) is 12.4. The first-order chi connectivity index (χ1) is 24.2. The maximum absolute atomic E-state index is 10.4. The summed E-state index contributed by atoms with van der Waals surface area (Å²) in [6, 6.07) is 45.1. The molecule has 5 aromatic carbocycles. The van der Waals surface area contributed by atoms with Crippen molar-refractivity contribution in [2.45, 2.75) is 18.4 Å². The van der Waals surface area contributed by atoms with E-state index in [2.05, 4.69) is 161 Å². The van der Waals surface area contributed by atoms with Gasteiger partial charge in [0, 0.05) is 44.9 Å². The summed E-state index contributed by atoms with van der Waals surface area (Å²) in [6.07, 6.45) is 15.6. The van der Waals surface area contributed by atoms with Crippen LogP contribution in [0.5, 0.6) is 0 Å². The number of fused-ring (bicyclic) bond motifs is 6. The lowest BCUT2D eigenvalue weighted by Gasteiger charge is -2.31. The van der Waals surface area contributed by atoms with E-state index in [0.29, 0.717) is 5.56 Å². The second kappa shape index (κ2) is 11.6. The number of nitrogens with zero attached hydrogens (tertiary/aromatic N) is 4. The van der Waals surface area contributed by atoms with Crippen LogP contribution in [-0.2, 0) is 0 Å². The van der Waals surface area contributed by atoms with Crippen molar-refractivity contribution in [2.75, 3.05) is 4.90 Å². The van der Waals surface area contributed by atoms with Crippen molar-refractivity contribution in [1.82, 2.24) is 4.57 Å². The van der Waals surface area contributed by atoms with E-state index in [4.69, 9.17) is 0 Å². The summed E-state index contributed by atoms with van der Waals surface area (Å²) in [6.45, 7) is 0. The average molecular weight is 627 g/mol. The van der Waals surface area contributed by atoms with Gasteiger partial charge in [0.15, 0.2) is 0 Å². The van der Waals surface area contributed by atoms with Crippen LogP contribution in [0.15, 0.2) is 163 Å². The van der Waals surface area contributed by atoms with Gasteiger partial charge in [-0.2, -0.15) is 10.5 Å². The molecule has 2 atom stereocenters. The Morgan fingerprint density at radius 2 is 1.37 bits per heavy atom. The Labute approximate surface area is 285 Å². The summed E-state index contributed by atoms with van der Waals surface area (Å²) in [7, 11) is 0. The predicted molar refractivity (Wildman–Crippen MR) is 200 cm³/mol. The molecule has 0 radical (unpaired) electrons. The summed E-state index contributed by atoms with van der Waals surface area (Å²) >= 11 is 0. The topological polar surface area (TPSA) is 55.8 Å². The molecule has 0 saturated carbocycles. The molecule has 0 N–H and O–H groups in total. The van der Waals surface area contributed by atoms with E-state index in [-0.39, 0.29) is 12.0 Å². The van der Waals surface area contributed by atoms with Crippen molar-refractivity contribution in [3.8, 4) is 17.8 Å². The number of allylic oxidation sites excluding steroid dienone is 8. The molecule has 2 aliphatic carbocycles. The second-order valence-electron chi connectivity index (χ2n) is 12.7. The Bertz CT molecular complexity index is 2520. The highest BCUT2D eigenvalue weighted by molar-refractivity contribution is 6.09. The minimum Gasteiger partial charge on any atom is -0.333 e. The van der Waals surface area contributed by atoms with Crippen LogP contribution in [0.2, 0.25) is 0 Å². The van der Waals surface area contributed by atoms with Gasteiger partial charge < -0.3 is 9.47 Å². The fraction of sp³-hybridized carbons (Fsp3) is 0.0667. The van der Waals surface area contributed by atoms with Crippen LogP contribution in [0.1, 0.15) is 34.6 Å². The number of benzene rings is 5. The van der Waals surface area contributed by atoms with Crippen LogP contribution < -0.4 is 4.90 Å². The van der Waals surface area contributed by atoms with Gasteiger partial charge in [-0.05, 0) is 71.2 Å². The SMILES string of the molecule is N#CC1=CC=CC2C1c1ccccc1N2c1ccccc1C1=CC=C(c2ccc(-n3c4ccccc4c4ccccc43)cc2C#N)C=CC1. The standard InChI is InChI=1S/C45H30N4/c46-28-32-13-10-22-44-45(32)39-17-4-8-21-43(39)49(44)40-18-5-1-14-36(40)31-12-9-11-30(23-24-31)35-26-25-34(27-33(35)29-47)48-41-19-6-2-15-37(41)38-16-3-7-20-42(38)48/h1-11,13-27,44-45H,12H2. The molecule has 9 rings (SSSR count). The van der Waals surface area contributed by atoms with Gasteiger partial charge in [0.1, 0.15) is 0 Å². The van der Waals surface area contributed by atoms with E-state index in [1.54, 1.807) is 0 Å². The first-order valence-corrected chi connectivity index (χ1v) is 16.6. The quantitative estimate of drug-likeness (QED) is 0.196. The number of hydrogen-bond acceptors (Lipinski definition) is 3. The third kappa shape index (κ3) is 4.50. The normalized spacial score (nSPS) is 17.8. The van der Waals surface area contributed by atoms with Crippen LogP contribution in [0.25, 0.3) is 38.6 Å². The maximum Gasteiger partial charge on any atom is 0.0998 e. The van der Waals surface area contributed by atoms with E-state index in [9.17, 15) is 10.5 Å². The zero-order valence-corrected chi connectivity index (χ0v) is 26.7. The number of para-hydroxylation sites is 4. The van der Waals surface area contributed by atoms with E-state index in [1.165, 1.54) is 21.9 Å². The van der Waals surface area contributed by atoms with Crippen molar-refractivity contribution in [1.29, 1.82) is 10.5 Å². The van der Waals surface area contributed by atoms with Gasteiger partial charge in [-0.15, -0.1) is 0 Å². The minimum absolute atomic E-state index is 0.00339. The Balaban J connectivity index is 1.11. The first-order valence-electron chi connectivity index (χ1n) is 16.6. The van der Waals surface area contributed by atoms with Crippen LogP contribution in [0.3, 0.4) is 0 Å². The van der Waals surface area contributed by atoms with Crippen LogP contribution in [0.4, 0.5) is 11.4 Å². The van der Waals surface area contributed by atoms with Gasteiger partial charge in [-0.25, -0.2) is 0 Å². The predicted octanol–water partition coefficient (Wildman–Crippen LogP) is 10.7. The lowest BCUT2D eigenvalue weighted by Crippen LogP contribution is -2.30. The van der Waals surface area contributed by atoms with Crippen molar-refractivity contribution in [3.05, 3.63) is 186 Å². The van der Waals surface area contributed by atoms with Crippen molar-refractivity contribution in [2.24, 2.45) is 0 Å². The second-order valence-corrected chi connectivity index (χ2v) is 12.7. The molecule has 0 amide bonds. The Morgan fingerprint density at radius 3 is 2.14 bits per heavy atom. The third-order valence-electron chi connectivity index (χ3n) is 10.1. The molecule has 49 heavy (non-hydrogen) atoms. The van der Waals surface area contributed by atoms with Gasteiger partial charge in [0.25, 0.3) is 0 Å². The van der Waals surface area contributed by atoms with Gasteiger partial charge >= 0.3 is 0 Å². The smallest absolute Gasteiger partial charge is 0.0998 e. The monoisotopic (exact) mass is 626 g/mol. The number of rotatable bonds is 4. The van der Waals surface area contributed by atoms with Crippen molar-refractivity contribution in [3.63, 3.8) is 0 Å². The largest absolute Gasteiger partial charge is 0.333 e. The Morgan fingerprint density at radius 1 is 0.653 bits per heavy atom. The van der Waals surface area contributed by atoms with Gasteiger partial charge in [-0.3, -0.25) is 0 Å². The van der Waals surface area contributed by atoms with Crippen LogP contribution in [-0.4, -0.2) is 10.6 Å². The number of aromatic nitrogens is 1. The van der Waals surface area contributed by atoms with Crippen molar-refractivity contribution < 1.29 is 0 Å². The average Bonchev–Trinajstić information content (AvgIpc) is 3.56. The first kappa shape index (κ1) is 28.6. The number of hydrogen-bond donors (Lipinski definition) is 0. The molecule has 230 valence electrons. The Hall–Kier alpha value is -6.62. The summed E-state index contributed by atoms with van der Waals surface area (Å²) in [5.74, 6) is 0.00339. The van der Waals surface area contributed by atoms with E-state index in [1.807, 2.05) is 18.2 Å². The maximum atomic E-state index is 10.4. The fourth-order valence-electron chi connectivity index (χ4n) is 7.96. The molecule has 4 heteroatoms. The highest BCUT2D eigenvalue weighted by Crippen LogP contribution is 2.51. The molecule has 2 unspecified atom stereocenters.